The summed E-state index contributed by atoms with van der Waals surface area (Å²) in [6.07, 6.45) is 1.54. The first-order valence-electron chi connectivity index (χ1n) is 5.11. The van der Waals surface area contributed by atoms with Crippen LogP contribution in [0.3, 0.4) is 0 Å². The van der Waals surface area contributed by atoms with Crippen LogP contribution in [0.5, 0.6) is 11.6 Å². The van der Waals surface area contributed by atoms with Gasteiger partial charge in [0.2, 0.25) is 5.88 Å². The summed E-state index contributed by atoms with van der Waals surface area (Å²) in [4.78, 5) is 14.3. The number of anilines is 1. The van der Waals surface area contributed by atoms with Gasteiger partial charge >= 0.3 is 0 Å². The molecule has 1 aromatic heterocycles. The van der Waals surface area contributed by atoms with Crippen molar-refractivity contribution in [3.8, 4) is 11.6 Å². The fourth-order valence-electron chi connectivity index (χ4n) is 1.37. The Kier molecular flexibility index (Phi) is 4.61. The Morgan fingerprint density at radius 3 is 2.30 bits per heavy atom. The third-order valence-electron chi connectivity index (χ3n) is 2.24. The third-order valence-corrected chi connectivity index (χ3v) is 3.85. The number of aromatic nitrogens is 1. The van der Waals surface area contributed by atoms with Gasteiger partial charge in [-0.1, -0.05) is 0 Å². The summed E-state index contributed by atoms with van der Waals surface area (Å²) in [5.74, 6) is 0.570. The normalized spacial score (nSPS) is 10.3. The minimum absolute atomic E-state index is 0.0622. The average Bonchev–Trinajstić information content (AvgIpc) is 2.35. The van der Waals surface area contributed by atoms with E-state index >= 15 is 0 Å². The van der Waals surface area contributed by atoms with Crippen molar-refractivity contribution in [2.45, 2.75) is 0 Å². The molecule has 0 aliphatic rings. The summed E-state index contributed by atoms with van der Waals surface area (Å²) in [5.41, 5.74) is 6.07. The Bertz CT molecular complexity index is 671. The highest BCUT2D eigenvalue weighted by Gasteiger charge is 2.17. The van der Waals surface area contributed by atoms with E-state index in [2.05, 4.69) is 52.8 Å². The molecule has 0 spiro atoms. The van der Waals surface area contributed by atoms with Gasteiger partial charge in [0.25, 0.3) is 5.69 Å². The second-order valence-electron chi connectivity index (χ2n) is 3.65. The molecule has 6 nitrogen and oxygen atoms in total. The molecule has 2 aromatic rings. The number of nitrogens with two attached hydrogens (primary N) is 1. The van der Waals surface area contributed by atoms with Gasteiger partial charge in [-0.15, -0.1) is 0 Å². The maximum absolute atomic E-state index is 10.8. The molecule has 0 saturated carbocycles. The monoisotopic (exact) mass is 465 g/mol. The van der Waals surface area contributed by atoms with Crippen molar-refractivity contribution in [1.82, 2.24) is 4.98 Å². The van der Waals surface area contributed by atoms with Crippen molar-refractivity contribution in [2.75, 3.05) is 5.73 Å². The van der Waals surface area contributed by atoms with Crippen LogP contribution in [0.1, 0.15) is 0 Å². The van der Waals surface area contributed by atoms with Crippen molar-refractivity contribution in [3.05, 3.63) is 47.9 Å². The molecule has 1 aromatic carbocycles. The van der Waals surface area contributed by atoms with E-state index in [1.165, 1.54) is 12.1 Å². The maximum Gasteiger partial charge on any atom is 0.271 e. The number of hydrogen-bond donors (Lipinski definition) is 1. The van der Waals surface area contributed by atoms with Crippen molar-refractivity contribution >= 4 is 59.2 Å². The lowest BCUT2D eigenvalue weighted by atomic mass is 10.3. The Hall–Kier alpha value is -1.19. The molecule has 2 N–H and O–H groups in total. The number of rotatable bonds is 3. The number of halogens is 3. The van der Waals surface area contributed by atoms with E-state index in [1.807, 2.05) is 0 Å². The van der Waals surface area contributed by atoms with Crippen LogP contribution in [0.4, 0.5) is 11.4 Å². The highest BCUT2D eigenvalue weighted by atomic mass is 79.9. The standard InChI is InChI=1S/C11H6Br3N3O3/c12-5-1-9(15)11(16-4-5)20-10-7(13)2-6(17(18)19)3-8(10)14/h1-4H,15H2. The molecule has 0 amide bonds. The number of ether oxygens (including phenoxy) is 1. The summed E-state index contributed by atoms with van der Waals surface area (Å²) in [5, 5.41) is 10.8. The van der Waals surface area contributed by atoms with Crippen LogP contribution >= 0.6 is 47.8 Å². The maximum atomic E-state index is 10.8. The van der Waals surface area contributed by atoms with E-state index < -0.39 is 4.92 Å². The number of hydrogen-bond acceptors (Lipinski definition) is 5. The van der Waals surface area contributed by atoms with Crippen molar-refractivity contribution in [1.29, 1.82) is 0 Å². The van der Waals surface area contributed by atoms with Gasteiger partial charge in [0, 0.05) is 22.8 Å². The second-order valence-corrected chi connectivity index (χ2v) is 6.27. The molecule has 0 radical (unpaired) electrons. The van der Waals surface area contributed by atoms with E-state index in [0.717, 1.165) is 4.47 Å². The molecular formula is C11H6Br3N3O3. The van der Waals surface area contributed by atoms with Crippen molar-refractivity contribution < 1.29 is 9.66 Å². The lowest BCUT2D eigenvalue weighted by Crippen LogP contribution is -1.97. The number of benzene rings is 1. The zero-order valence-electron chi connectivity index (χ0n) is 9.64. The molecule has 104 valence electrons. The fourth-order valence-corrected chi connectivity index (χ4v) is 3.05. The fraction of sp³-hybridized carbons (Fsp3) is 0. The van der Waals surface area contributed by atoms with Gasteiger partial charge in [0.1, 0.15) is 0 Å². The van der Waals surface area contributed by atoms with Gasteiger partial charge in [-0.25, -0.2) is 4.98 Å². The minimum Gasteiger partial charge on any atom is -0.435 e. The SMILES string of the molecule is Nc1cc(Br)cnc1Oc1c(Br)cc([N+](=O)[O-])cc1Br. The third kappa shape index (κ3) is 3.28. The minimum atomic E-state index is -0.495. The van der Waals surface area contributed by atoms with E-state index in [4.69, 9.17) is 10.5 Å². The molecule has 2 rings (SSSR count). The molecule has 9 heteroatoms. The Morgan fingerprint density at radius 2 is 1.80 bits per heavy atom. The van der Waals surface area contributed by atoms with Gasteiger partial charge in [0.15, 0.2) is 5.75 Å². The molecule has 0 bridgehead atoms. The van der Waals surface area contributed by atoms with Gasteiger partial charge in [-0.2, -0.15) is 0 Å². The lowest BCUT2D eigenvalue weighted by Gasteiger charge is -2.10. The molecule has 0 atom stereocenters. The van der Waals surface area contributed by atoms with Crippen LogP contribution in [0.2, 0.25) is 0 Å². The molecular weight excluding hydrogens is 462 g/mol. The number of nitro groups is 1. The molecule has 0 aliphatic heterocycles. The van der Waals surface area contributed by atoms with Crippen LogP contribution in [0.25, 0.3) is 0 Å². The van der Waals surface area contributed by atoms with Crippen LogP contribution in [0.15, 0.2) is 37.8 Å². The van der Waals surface area contributed by atoms with Crippen LogP contribution in [-0.2, 0) is 0 Å². The highest BCUT2D eigenvalue weighted by molar-refractivity contribution is 9.11. The molecule has 0 fully saturated rings. The van der Waals surface area contributed by atoms with E-state index in [1.54, 1.807) is 12.3 Å². The van der Waals surface area contributed by atoms with Gasteiger partial charge < -0.3 is 10.5 Å². The van der Waals surface area contributed by atoms with Crippen molar-refractivity contribution in [2.24, 2.45) is 0 Å². The smallest absolute Gasteiger partial charge is 0.271 e. The van der Waals surface area contributed by atoms with E-state index in [-0.39, 0.29) is 11.6 Å². The summed E-state index contributed by atoms with van der Waals surface area (Å²) in [6, 6.07) is 4.33. The largest absolute Gasteiger partial charge is 0.435 e. The molecule has 0 unspecified atom stereocenters. The van der Waals surface area contributed by atoms with E-state index in [0.29, 0.717) is 20.4 Å². The first kappa shape index (κ1) is 15.2. The van der Waals surface area contributed by atoms with Crippen LogP contribution in [-0.4, -0.2) is 9.91 Å². The molecule has 20 heavy (non-hydrogen) atoms. The van der Waals surface area contributed by atoms with Gasteiger partial charge in [-0.3, -0.25) is 10.1 Å². The average molecular weight is 468 g/mol. The van der Waals surface area contributed by atoms with Crippen molar-refractivity contribution in [3.63, 3.8) is 0 Å². The van der Waals surface area contributed by atoms with Gasteiger partial charge in [-0.05, 0) is 53.9 Å². The Balaban J connectivity index is 2.41. The summed E-state index contributed by atoms with van der Waals surface area (Å²) in [6.45, 7) is 0. The lowest BCUT2D eigenvalue weighted by molar-refractivity contribution is -0.385. The summed E-state index contributed by atoms with van der Waals surface area (Å²) >= 11 is 9.70. The quantitative estimate of drug-likeness (QED) is 0.524. The van der Waals surface area contributed by atoms with Crippen LogP contribution in [0, 0.1) is 10.1 Å². The predicted molar refractivity (Wildman–Crippen MR) is 84.9 cm³/mol. The highest BCUT2D eigenvalue weighted by Crippen LogP contribution is 2.40. The second kappa shape index (κ2) is 6.06. The first-order valence-corrected chi connectivity index (χ1v) is 7.48. The summed E-state index contributed by atoms with van der Waals surface area (Å²) in [7, 11) is 0. The predicted octanol–water partition coefficient (Wildman–Crippen LogP) is 4.65. The molecule has 0 saturated heterocycles. The Morgan fingerprint density at radius 1 is 1.20 bits per heavy atom. The Labute approximate surface area is 138 Å². The number of non-ortho nitro benzene ring substituents is 1. The molecule has 1 heterocycles. The zero-order valence-corrected chi connectivity index (χ0v) is 14.4. The zero-order chi connectivity index (χ0) is 14.9. The topological polar surface area (TPSA) is 91.3 Å². The summed E-state index contributed by atoms with van der Waals surface area (Å²) < 4.78 is 7.15. The number of nitro benzene ring substituents is 1. The first-order chi connectivity index (χ1) is 9.38. The number of nitrogens with zero attached hydrogens (tertiary/aromatic N) is 2. The number of nitrogen functional groups attached to an aromatic ring is 1. The van der Waals surface area contributed by atoms with Gasteiger partial charge in [0.05, 0.1) is 19.6 Å². The number of pyridine rings is 1. The van der Waals surface area contributed by atoms with E-state index in [9.17, 15) is 10.1 Å². The van der Waals surface area contributed by atoms with Crippen LogP contribution < -0.4 is 10.5 Å². The molecule has 0 aliphatic carbocycles.